The molecule has 1 N–H and O–H groups in total. The number of rotatable bonds is 7. The molecule has 0 aliphatic carbocycles. The first kappa shape index (κ1) is 18.5. The van der Waals surface area contributed by atoms with Crippen LogP contribution in [-0.4, -0.2) is 30.3 Å². The Labute approximate surface area is 144 Å². The Balaban J connectivity index is 2.00. The fourth-order valence-corrected chi connectivity index (χ4v) is 4.24. The zero-order valence-electron chi connectivity index (χ0n) is 13.5. The average molecular weight is 370 g/mol. The predicted molar refractivity (Wildman–Crippen MR) is 93.5 cm³/mol. The van der Waals surface area contributed by atoms with Gasteiger partial charge in [0.1, 0.15) is 11.1 Å². The third-order valence-electron chi connectivity index (χ3n) is 3.47. The number of nitrogens with one attached hydrogen (secondary N) is 1. The Bertz CT molecular complexity index is 801. The summed E-state index contributed by atoms with van der Waals surface area (Å²) >= 11 is 1.27. The highest BCUT2D eigenvalue weighted by atomic mass is 32.2. The zero-order chi connectivity index (χ0) is 17.7. The number of anilines is 1. The van der Waals surface area contributed by atoms with Crippen molar-refractivity contribution in [2.75, 3.05) is 11.1 Å². The number of halogens is 1. The topological polar surface area (TPSA) is 76.1 Å². The third kappa shape index (κ3) is 4.85. The van der Waals surface area contributed by atoms with E-state index in [1.165, 1.54) is 30.4 Å². The number of hydrogen-bond donors (Lipinski definition) is 1. The van der Waals surface area contributed by atoms with Gasteiger partial charge < -0.3 is 5.32 Å². The van der Waals surface area contributed by atoms with Crippen molar-refractivity contribution in [2.45, 2.75) is 31.9 Å². The fourth-order valence-electron chi connectivity index (χ4n) is 2.08. The van der Waals surface area contributed by atoms with E-state index < -0.39 is 21.0 Å². The highest BCUT2D eigenvalue weighted by Gasteiger charge is 2.27. The Morgan fingerprint density at radius 2 is 2.00 bits per heavy atom. The van der Waals surface area contributed by atoms with Gasteiger partial charge in [-0.3, -0.25) is 4.79 Å². The standard InChI is InChI=1S/C16H19FN2O3S2/c1-3-8-24(21,22)11(2)15(20)19-16-18-10-14(23-16)9-12-4-6-13(17)7-5-12/h4-7,10-11H,3,8-9H2,1-2H3,(H,18,19,20). The highest BCUT2D eigenvalue weighted by molar-refractivity contribution is 7.92. The van der Waals surface area contributed by atoms with Crippen LogP contribution in [0.2, 0.25) is 0 Å². The number of carbonyl (C=O) groups excluding carboxylic acids is 1. The zero-order valence-corrected chi connectivity index (χ0v) is 15.1. The molecule has 0 fully saturated rings. The van der Waals surface area contributed by atoms with E-state index in [1.807, 2.05) is 0 Å². The number of aromatic nitrogens is 1. The van der Waals surface area contributed by atoms with E-state index in [4.69, 9.17) is 0 Å². The molecule has 1 aromatic heterocycles. The molecule has 0 saturated carbocycles. The number of carbonyl (C=O) groups is 1. The second-order valence-electron chi connectivity index (χ2n) is 5.43. The predicted octanol–water partition coefficient (Wildman–Crippen LogP) is 3.02. The van der Waals surface area contributed by atoms with Gasteiger partial charge in [-0.2, -0.15) is 0 Å². The Morgan fingerprint density at radius 1 is 1.33 bits per heavy atom. The molecule has 24 heavy (non-hydrogen) atoms. The third-order valence-corrected chi connectivity index (χ3v) is 6.65. The minimum atomic E-state index is -3.45. The molecular formula is C16H19FN2O3S2. The van der Waals surface area contributed by atoms with Crippen LogP contribution in [0.1, 0.15) is 30.7 Å². The summed E-state index contributed by atoms with van der Waals surface area (Å²) in [7, 11) is -3.45. The fraction of sp³-hybridized carbons (Fsp3) is 0.375. The monoisotopic (exact) mass is 370 g/mol. The number of thiazole rings is 1. The number of hydrogen-bond acceptors (Lipinski definition) is 5. The van der Waals surface area contributed by atoms with E-state index in [2.05, 4.69) is 10.3 Å². The van der Waals surface area contributed by atoms with Gasteiger partial charge in [-0.25, -0.2) is 17.8 Å². The normalized spacial score (nSPS) is 12.8. The van der Waals surface area contributed by atoms with E-state index in [0.717, 1.165) is 10.4 Å². The summed E-state index contributed by atoms with van der Waals surface area (Å²) in [5.74, 6) is -0.889. The van der Waals surface area contributed by atoms with Gasteiger partial charge in [-0.15, -0.1) is 11.3 Å². The van der Waals surface area contributed by atoms with Crippen molar-refractivity contribution < 1.29 is 17.6 Å². The maximum Gasteiger partial charge on any atom is 0.244 e. The van der Waals surface area contributed by atoms with Crippen LogP contribution in [0.15, 0.2) is 30.5 Å². The first-order valence-corrected chi connectivity index (χ1v) is 10.1. The largest absolute Gasteiger partial charge is 0.301 e. The van der Waals surface area contributed by atoms with Crippen molar-refractivity contribution in [3.63, 3.8) is 0 Å². The molecule has 5 nitrogen and oxygen atoms in total. The summed E-state index contributed by atoms with van der Waals surface area (Å²) in [4.78, 5) is 17.1. The lowest BCUT2D eigenvalue weighted by Crippen LogP contribution is -2.33. The summed E-state index contributed by atoms with van der Waals surface area (Å²) in [6.45, 7) is 3.14. The van der Waals surface area contributed by atoms with Gasteiger partial charge in [-0.1, -0.05) is 19.1 Å². The summed E-state index contributed by atoms with van der Waals surface area (Å²) < 4.78 is 36.7. The number of sulfone groups is 1. The molecule has 1 aromatic carbocycles. The molecule has 8 heteroatoms. The molecule has 2 aromatic rings. The summed E-state index contributed by atoms with van der Waals surface area (Å²) in [5, 5.41) is 1.80. The van der Waals surface area contributed by atoms with Crippen molar-refractivity contribution in [3.8, 4) is 0 Å². The molecule has 0 radical (unpaired) electrons. The lowest BCUT2D eigenvalue weighted by Gasteiger charge is -2.11. The van der Waals surface area contributed by atoms with Gasteiger partial charge in [0.15, 0.2) is 15.0 Å². The van der Waals surface area contributed by atoms with Gasteiger partial charge in [0.05, 0.1) is 5.75 Å². The highest BCUT2D eigenvalue weighted by Crippen LogP contribution is 2.22. The molecule has 1 heterocycles. The van der Waals surface area contributed by atoms with Gasteiger partial charge in [0.2, 0.25) is 5.91 Å². The Morgan fingerprint density at radius 3 is 2.62 bits per heavy atom. The number of amides is 1. The van der Waals surface area contributed by atoms with Gasteiger partial charge in [0.25, 0.3) is 0 Å². The quantitative estimate of drug-likeness (QED) is 0.813. The van der Waals surface area contributed by atoms with E-state index in [9.17, 15) is 17.6 Å². The SMILES string of the molecule is CCCS(=O)(=O)C(C)C(=O)Nc1ncc(Cc2ccc(F)cc2)s1. The van der Waals surface area contributed by atoms with E-state index in [1.54, 1.807) is 25.3 Å². The van der Waals surface area contributed by atoms with Crippen LogP contribution in [0.3, 0.4) is 0 Å². The molecular weight excluding hydrogens is 351 g/mol. The molecule has 0 aliphatic rings. The summed E-state index contributed by atoms with van der Waals surface area (Å²) in [6.07, 6.45) is 2.66. The van der Waals surface area contributed by atoms with Crippen molar-refractivity contribution in [3.05, 3.63) is 46.7 Å². The van der Waals surface area contributed by atoms with Crippen LogP contribution in [-0.2, 0) is 21.1 Å². The van der Waals surface area contributed by atoms with Crippen LogP contribution in [0.25, 0.3) is 0 Å². The van der Waals surface area contributed by atoms with Gasteiger partial charge in [0, 0.05) is 17.5 Å². The van der Waals surface area contributed by atoms with Crippen LogP contribution in [0.4, 0.5) is 9.52 Å². The van der Waals surface area contributed by atoms with E-state index in [0.29, 0.717) is 18.0 Å². The van der Waals surface area contributed by atoms with E-state index >= 15 is 0 Å². The molecule has 0 aliphatic heterocycles. The molecule has 0 saturated heterocycles. The molecule has 130 valence electrons. The summed E-state index contributed by atoms with van der Waals surface area (Å²) in [6, 6.07) is 6.15. The second kappa shape index (κ2) is 7.85. The smallest absolute Gasteiger partial charge is 0.244 e. The van der Waals surface area contributed by atoms with Crippen LogP contribution in [0, 0.1) is 5.82 Å². The Hall–Kier alpha value is -1.80. The molecule has 1 unspecified atom stereocenters. The number of nitrogens with zero attached hydrogens (tertiary/aromatic N) is 1. The van der Waals surface area contributed by atoms with E-state index in [-0.39, 0.29) is 11.6 Å². The second-order valence-corrected chi connectivity index (χ2v) is 8.99. The van der Waals surface area contributed by atoms with Crippen molar-refractivity contribution in [1.29, 1.82) is 0 Å². The van der Waals surface area contributed by atoms with Crippen molar-refractivity contribution in [2.24, 2.45) is 0 Å². The lowest BCUT2D eigenvalue weighted by molar-refractivity contribution is -0.115. The van der Waals surface area contributed by atoms with Crippen molar-refractivity contribution in [1.82, 2.24) is 4.98 Å². The van der Waals surface area contributed by atoms with Crippen LogP contribution in [0.5, 0.6) is 0 Å². The van der Waals surface area contributed by atoms with Crippen molar-refractivity contribution >= 4 is 32.2 Å². The van der Waals surface area contributed by atoms with Crippen LogP contribution < -0.4 is 5.32 Å². The molecule has 0 spiro atoms. The summed E-state index contributed by atoms with van der Waals surface area (Å²) in [5.41, 5.74) is 0.928. The maximum atomic E-state index is 12.9. The molecule has 0 bridgehead atoms. The molecule has 2 rings (SSSR count). The first-order valence-electron chi connectivity index (χ1n) is 7.53. The Kier molecular flexibility index (Phi) is 6.06. The maximum absolute atomic E-state index is 12.9. The molecule has 1 atom stereocenters. The van der Waals surface area contributed by atoms with Gasteiger partial charge >= 0.3 is 0 Å². The first-order chi connectivity index (χ1) is 11.3. The number of benzene rings is 1. The lowest BCUT2D eigenvalue weighted by atomic mass is 10.1. The van der Waals surface area contributed by atoms with Gasteiger partial charge in [-0.05, 0) is 31.0 Å². The minimum absolute atomic E-state index is 0.0186. The van der Waals surface area contributed by atoms with Crippen LogP contribution >= 0.6 is 11.3 Å². The molecule has 1 amide bonds. The average Bonchev–Trinajstić information content (AvgIpc) is 2.95. The minimum Gasteiger partial charge on any atom is -0.301 e.